The highest BCUT2D eigenvalue weighted by molar-refractivity contribution is 4.91. The molecular weight excluding hydrogens is 202 g/mol. The molecule has 1 aromatic rings. The predicted octanol–water partition coefficient (Wildman–Crippen LogP) is 1.55. The summed E-state index contributed by atoms with van der Waals surface area (Å²) in [6.07, 6.45) is 8.29. The van der Waals surface area contributed by atoms with Crippen molar-refractivity contribution in [3.63, 3.8) is 0 Å². The molecule has 16 heavy (non-hydrogen) atoms. The number of hydrogen-bond donors (Lipinski definition) is 2. The fourth-order valence-electron chi connectivity index (χ4n) is 1.70. The number of nitrogens with zero attached hydrogens (tertiary/aromatic N) is 2. The van der Waals surface area contributed by atoms with E-state index in [1.165, 1.54) is 6.42 Å². The van der Waals surface area contributed by atoms with Gasteiger partial charge in [-0.2, -0.15) is 0 Å². The van der Waals surface area contributed by atoms with Crippen molar-refractivity contribution in [3.8, 4) is 0 Å². The number of aliphatic hydroxyl groups is 1. The molecule has 4 nitrogen and oxygen atoms in total. The van der Waals surface area contributed by atoms with E-state index in [1.807, 2.05) is 12.4 Å². The van der Waals surface area contributed by atoms with E-state index in [1.54, 1.807) is 0 Å². The van der Waals surface area contributed by atoms with E-state index in [4.69, 9.17) is 5.11 Å². The van der Waals surface area contributed by atoms with Crippen LogP contribution >= 0.6 is 0 Å². The number of aryl methyl sites for hydroxylation is 1. The van der Waals surface area contributed by atoms with Gasteiger partial charge in [0.25, 0.3) is 0 Å². The average Bonchev–Trinajstić information content (AvgIpc) is 2.74. The molecule has 2 N–H and O–H groups in total. The molecule has 1 heterocycles. The van der Waals surface area contributed by atoms with E-state index in [9.17, 15) is 0 Å². The van der Waals surface area contributed by atoms with Gasteiger partial charge in [-0.3, -0.25) is 0 Å². The SMILES string of the molecule is CCNCc1nccn1CCCCCCO. The summed E-state index contributed by atoms with van der Waals surface area (Å²) in [5, 5.41) is 12.0. The van der Waals surface area contributed by atoms with Gasteiger partial charge in [0.2, 0.25) is 0 Å². The van der Waals surface area contributed by atoms with Crippen molar-refractivity contribution in [3.05, 3.63) is 18.2 Å². The van der Waals surface area contributed by atoms with Crippen LogP contribution in [0.4, 0.5) is 0 Å². The van der Waals surface area contributed by atoms with Crippen LogP contribution in [-0.2, 0) is 13.1 Å². The summed E-state index contributed by atoms with van der Waals surface area (Å²) in [4.78, 5) is 4.33. The molecule has 0 saturated carbocycles. The molecule has 0 atom stereocenters. The van der Waals surface area contributed by atoms with Gasteiger partial charge in [-0.05, 0) is 19.4 Å². The van der Waals surface area contributed by atoms with Gasteiger partial charge in [-0.1, -0.05) is 19.8 Å². The van der Waals surface area contributed by atoms with Gasteiger partial charge in [0.15, 0.2) is 0 Å². The van der Waals surface area contributed by atoms with Crippen LogP contribution in [0.5, 0.6) is 0 Å². The van der Waals surface area contributed by atoms with Crippen LogP contribution in [0.3, 0.4) is 0 Å². The first-order chi connectivity index (χ1) is 7.88. The van der Waals surface area contributed by atoms with Crippen LogP contribution in [0.25, 0.3) is 0 Å². The minimum absolute atomic E-state index is 0.316. The zero-order chi connectivity index (χ0) is 11.6. The second-order valence-electron chi connectivity index (χ2n) is 3.96. The predicted molar refractivity (Wildman–Crippen MR) is 65.2 cm³/mol. The number of aromatic nitrogens is 2. The van der Waals surface area contributed by atoms with Gasteiger partial charge < -0.3 is 15.0 Å². The van der Waals surface area contributed by atoms with Gasteiger partial charge in [0.1, 0.15) is 5.82 Å². The van der Waals surface area contributed by atoms with Crippen molar-refractivity contribution < 1.29 is 5.11 Å². The molecule has 0 saturated heterocycles. The Morgan fingerprint density at radius 1 is 1.31 bits per heavy atom. The molecule has 4 heteroatoms. The maximum absolute atomic E-state index is 8.67. The fraction of sp³-hybridized carbons (Fsp3) is 0.750. The molecule has 0 fully saturated rings. The van der Waals surface area contributed by atoms with Crippen molar-refractivity contribution in [2.24, 2.45) is 0 Å². The van der Waals surface area contributed by atoms with Crippen LogP contribution in [0.1, 0.15) is 38.4 Å². The molecule has 0 unspecified atom stereocenters. The Morgan fingerprint density at radius 2 is 2.12 bits per heavy atom. The summed E-state index contributed by atoms with van der Waals surface area (Å²) < 4.78 is 2.21. The van der Waals surface area contributed by atoms with Crippen molar-refractivity contribution in [1.82, 2.24) is 14.9 Å². The van der Waals surface area contributed by atoms with E-state index in [-0.39, 0.29) is 0 Å². The van der Waals surface area contributed by atoms with Crippen LogP contribution in [0.2, 0.25) is 0 Å². The van der Waals surface area contributed by atoms with Gasteiger partial charge in [0.05, 0.1) is 6.54 Å². The number of aliphatic hydroxyl groups excluding tert-OH is 1. The standard InChI is InChI=1S/C12H23N3O/c1-2-13-11-12-14-7-9-15(12)8-5-3-4-6-10-16/h7,9,13,16H,2-6,8,10-11H2,1H3. The Bertz CT molecular complexity index is 273. The summed E-state index contributed by atoms with van der Waals surface area (Å²) in [5.41, 5.74) is 0. The Morgan fingerprint density at radius 3 is 2.88 bits per heavy atom. The zero-order valence-electron chi connectivity index (χ0n) is 10.2. The molecule has 0 aliphatic rings. The Labute approximate surface area is 97.7 Å². The van der Waals surface area contributed by atoms with Gasteiger partial charge in [0, 0.05) is 25.5 Å². The average molecular weight is 225 g/mol. The van der Waals surface area contributed by atoms with Crippen molar-refractivity contribution in [2.45, 2.75) is 45.7 Å². The second kappa shape index (κ2) is 8.30. The third-order valence-corrected chi connectivity index (χ3v) is 2.64. The summed E-state index contributed by atoms with van der Waals surface area (Å²) >= 11 is 0. The molecule has 0 aliphatic carbocycles. The van der Waals surface area contributed by atoms with Crippen LogP contribution in [0, 0.1) is 0 Å². The molecule has 0 aliphatic heterocycles. The molecule has 1 aromatic heterocycles. The lowest BCUT2D eigenvalue weighted by molar-refractivity contribution is 0.282. The van der Waals surface area contributed by atoms with Crippen molar-refractivity contribution >= 4 is 0 Å². The lowest BCUT2D eigenvalue weighted by Gasteiger charge is -2.07. The number of imidazole rings is 1. The molecule has 0 aromatic carbocycles. The second-order valence-corrected chi connectivity index (χ2v) is 3.96. The van der Waals surface area contributed by atoms with Crippen LogP contribution in [0.15, 0.2) is 12.4 Å². The number of rotatable bonds is 9. The zero-order valence-corrected chi connectivity index (χ0v) is 10.2. The Balaban J connectivity index is 2.22. The molecule has 0 bridgehead atoms. The van der Waals surface area contributed by atoms with E-state index >= 15 is 0 Å². The first kappa shape index (κ1) is 13.2. The molecule has 0 spiro atoms. The monoisotopic (exact) mass is 225 g/mol. The highest BCUT2D eigenvalue weighted by Crippen LogP contribution is 2.04. The van der Waals surface area contributed by atoms with Crippen molar-refractivity contribution in [1.29, 1.82) is 0 Å². The molecule has 0 radical (unpaired) electrons. The number of hydrogen-bond acceptors (Lipinski definition) is 3. The van der Waals surface area contributed by atoms with Crippen LogP contribution in [-0.4, -0.2) is 27.8 Å². The molecule has 92 valence electrons. The summed E-state index contributed by atoms with van der Waals surface area (Å²) in [6, 6.07) is 0. The molecular formula is C12H23N3O. The highest BCUT2D eigenvalue weighted by Gasteiger charge is 2.00. The van der Waals surface area contributed by atoms with E-state index in [2.05, 4.69) is 21.8 Å². The summed E-state index contributed by atoms with van der Waals surface area (Å²) in [7, 11) is 0. The lowest BCUT2D eigenvalue weighted by atomic mass is 10.2. The minimum atomic E-state index is 0.316. The molecule has 0 amide bonds. The lowest BCUT2D eigenvalue weighted by Crippen LogP contribution is -2.16. The largest absolute Gasteiger partial charge is 0.396 e. The maximum atomic E-state index is 8.67. The third kappa shape index (κ3) is 4.77. The normalized spacial score (nSPS) is 10.9. The molecule has 1 rings (SSSR count). The van der Waals surface area contributed by atoms with Crippen molar-refractivity contribution in [2.75, 3.05) is 13.2 Å². The third-order valence-electron chi connectivity index (χ3n) is 2.64. The highest BCUT2D eigenvalue weighted by atomic mass is 16.2. The minimum Gasteiger partial charge on any atom is -0.396 e. The topological polar surface area (TPSA) is 50.1 Å². The van der Waals surface area contributed by atoms with E-state index < -0.39 is 0 Å². The Kier molecular flexibility index (Phi) is 6.85. The fourth-order valence-corrected chi connectivity index (χ4v) is 1.70. The first-order valence-electron chi connectivity index (χ1n) is 6.20. The van der Waals surface area contributed by atoms with Gasteiger partial charge >= 0.3 is 0 Å². The van der Waals surface area contributed by atoms with Gasteiger partial charge in [-0.25, -0.2) is 4.98 Å². The van der Waals surface area contributed by atoms with Crippen LogP contribution < -0.4 is 5.32 Å². The Hall–Kier alpha value is -0.870. The first-order valence-corrected chi connectivity index (χ1v) is 6.20. The van der Waals surface area contributed by atoms with E-state index in [0.29, 0.717) is 6.61 Å². The number of unbranched alkanes of at least 4 members (excludes halogenated alkanes) is 3. The summed E-state index contributed by atoms with van der Waals surface area (Å²) in [5.74, 6) is 1.11. The van der Waals surface area contributed by atoms with E-state index in [0.717, 1.165) is 44.7 Å². The maximum Gasteiger partial charge on any atom is 0.122 e. The smallest absolute Gasteiger partial charge is 0.122 e. The van der Waals surface area contributed by atoms with Gasteiger partial charge in [-0.15, -0.1) is 0 Å². The summed E-state index contributed by atoms with van der Waals surface area (Å²) in [6.45, 7) is 5.27. The number of nitrogens with one attached hydrogen (secondary N) is 1. The quantitative estimate of drug-likeness (QED) is 0.627.